The van der Waals surface area contributed by atoms with E-state index in [4.69, 9.17) is 6.42 Å². The van der Waals surface area contributed by atoms with Gasteiger partial charge in [-0.15, -0.1) is 17.8 Å². The highest BCUT2D eigenvalue weighted by molar-refractivity contribution is 9.11. The summed E-state index contributed by atoms with van der Waals surface area (Å²) in [6.07, 6.45) is 6.81. The molecule has 6 heteroatoms. The van der Waals surface area contributed by atoms with Gasteiger partial charge in [-0.25, -0.2) is 0 Å². The van der Waals surface area contributed by atoms with Crippen molar-refractivity contribution in [3.8, 4) is 12.3 Å². The first-order chi connectivity index (χ1) is 8.11. The van der Waals surface area contributed by atoms with Crippen molar-refractivity contribution in [3.05, 3.63) is 25.7 Å². The summed E-state index contributed by atoms with van der Waals surface area (Å²) in [5.74, 6) is 1.98. The van der Waals surface area contributed by atoms with Gasteiger partial charge in [-0.2, -0.15) is 0 Å². The molecule has 0 aliphatic carbocycles. The van der Waals surface area contributed by atoms with Crippen molar-refractivity contribution in [1.29, 1.82) is 0 Å². The molecule has 2 rings (SSSR count). The molecule has 1 saturated heterocycles. The highest BCUT2D eigenvalue weighted by atomic mass is 79.9. The molecule has 0 spiro atoms. The molecule has 1 aromatic rings. The van der Waals surface area contributed by atoms with Crippen LogP contribution in [-0.4, -0.2) is 22.6 Å². The second-order valence-electron chi connectivity index (χ2n) is 3.11. The lowest BCUT2D eigenvalue weighted by molar-refractivity contribution is -0.122. The number of halogens is 1. The predicted molar refractivity (Wildman–Crippen MR) is 73.5 cm³/mol. The van der Waals surface area contributed by atoms with Crippen molar-refractivity contribution in [2.75, 3.05) is 6.54 Å². The molecule has 0 bridgehead atoms. The van der Waals surface area contributed by atoms with Crippen molar-refractivity contribution >= 4 is 56.3 Å². The number of hydrogen-bond donors (Lipinski definition) is 0. The van der Waals surface area contributed by atoms with Crippen LogP contribution < -0.4 is 0 Å². The third-order valence-corrected chi connectivity index (χ3v) is 4.47. The second kappa shape index (κ2) is 5.08. The predicted octanol–water partition coefficient (Wildman–Crippen LogP) is 3.18. The van der Waals surface area contributed by atoms with E-state index in [9.17, 15) is 9.59 Å². The van der Waals surface area contributed by atoms with Crippen molar-refractivity contribution in [3.63, 3.8) is 0 Å². The van der Waals surface area contributed by atoms with Gasteiger partial charge in [-0.05, 0) is 45.9 Å². The topological polar surface area (TPSA) is 37.4 Å². The van der Waals surface area contributed by atoms with E-state index < -0.39 is 0 Å². The molecule has 1 aliphatic rings. The lowest BCUT2D eigenvalue weighted by Gasteiger charge is -2.06. The van der Waals surface area contributed by atoms with E-state index in [1.165, 1.54) is 11.3 Å². The lowest BCUT2D eigenvalue weighted by atomic mass is 10.4. The van der Waals surface area contributed by atoms with Crippen molar-refractivity contribution < 1.29 is 9.59 Å². The number of thiophene rings is 1. The van der Waals surface area contributed by atoms with Crippen molar-refractivity contribution in [1.82, 2.24) is 4.90 Å². The Hall–Kier alpha value is -1.03. The molecule has 1 aliphatic heterocycles. The van der Waals surface area contributed by atoms with Crippen LogP contribution in [0.15, 0.2) is 20.8 Å². The minimum atomic E-state index is -0.317. The number of carbonyl (C=O) groups is 2. The molecule has 3 nitrogen and oxygen atoms in total. The van der Waals surface area contributed by atoms with Crippen LogP contribution in [0.5, 0.6) is 0 Å². The first kappa shape index (κ1) is 12.4. The number of imide groups is 1. The van der Waals surface area contributed by atoms with Gasteiger partial charge in [0.2, 0.25) is 0 Å². The fourth-order valence-corrected chi connectivity index (χ4v) is 3.53. The molecular weight excluding hydrogens is 322 g/mol. The summed E-state index contributed by atoms with van der Waals surface area (Å²) in [6, 6.07) is 3.77. The van der Waals surface area contributed by atoms with Crippen molar-refractivity contribution in [2.24, 2.45) is 0 Å². The Morgan fingerprint density at radius 3 is 2.82 bits per heavy atom. The molecule has 2 amide bonds. The number of thioether (sulfide) groups is 1. The van der Waals surface area contributed by atoms with E-state index in [0.29, 0.717) is 4.91 Å². The third-order valence-electron chi connectivity index (χ3n) is 1.99. The van der Waals surface area contributed by atoms with E-state index >= 15 is 0 Å². The monoisotopic (exact) mass is 327 g/mol. The largest absolute Gasteiger partial charge is 0.294 e. The molecule has 17 heavy (non-hydrogen) atoms. The van der Waals surface area contributed by atoms with Gasteiger partial charge in [-0.1, -0.05) is 5.92 Å². The molecule has 86 valence electrons. The normalized spacial score (nSPS) is 17.9. The fraction of sp³-hybridized carbons (Fsp3) is 0.0909. The Kier molecular flexibility index (Phi) is 3.72. The highest BCUT2D eigenvalue weighted by Gasteiger charge is 2.34. The summed E-state index contributed by atoms with van der Waals surface area (Å²) in [5, 5.41) is -0.310. The van der Waals surface area contributed by atoms with Crippen LogP contribution in [0.4, 0.5) is 4.79 Å². The third kappa shape index (κ3) is 2.63. The zero-order chi connectivity index (χ0) is 12.4. The summed E-state index contributed by atoms with van der Waals surface area (Å²) in [4.78, 5) is 25.7. The van der Waals surface area contributed by atoms with Crippen LogP contribution in [0.25, 0.3) is 6.08 Å². The quantitative estimate of drug-likeness (QED) is 0.618. The molecule has 1 aromatic heterocycles. The van der Waals surface area contributed by atoms with Gasteiger partial charge in [0, 0.05) is 4.88 Å². The van der Waals surface area contributed by atoms with E-state index in [1.54, 1.807) is 6.08 Å². The molecular formula is C11H6BrNO2S2. The maximum atomic E-state index is 11.8. The van der Waals surface area contributed by atoms with Gasteiger partial charge in [-0.3, -0.25) is 14.5 Å². The Bertz CT molecular complexity index is 556. The Morgan fingerprint density at radius 1 is 1.47 bits per heavy atom. The van der Waals surface area contributed by atoms with Gasteiger partial charge in [0.15, 0.2) is 0 Å². The van der Waals surface area contributed by atoms with E-state index in [-0.39, 0.29) is 17.7 Å². The maximum absolute atomic E-state index is 11.8. The number of rotatable bonds is 2. The average molecular weight is 328 g/mol. The first-order valence-electron chi connectivity index (χ1n) is 4.56. The summed E-state index contributed by atoms with van der Waals surface area (Å²) in [6.45, 7) is 0.0239. The summed E-state index contributed by atoms with van der Waals surface area (Å²) < 4.78 is 0.978. The average Bonchev–Trinajstić information content (AvgIpc) is 2.79. The highest BCUT2D eigenvalue weighted by Crippen LogP contribution is 2.33. The van der Waals surface area contributed by atoms with E-state index in [2.05, 4.69) is 21.9 Å². The Morgan fingerprint density at radius 2 is 2.24 bits per heavy atom. The van der Waals surface area contributed by atoms with Crippen LogP contribution in [0.3, 0.4) is 0 Å². The van der Waals surface area contributed by atoms with Crippen LogP contribution in [0.2, 0.25) is 0 Å². The zero-order valence-corrected chi connectivity index (χ0v) is 11.7. The summed E-state index contributed by atoms with van der Waals surface area (Å²) >= 11 is 5.76. The zero-order valence-electron chi connectivity index (χ0n) is 8.47. The molecule has 0 aromatic carbocycles. The standard InChI is InChI=1S/C11H6BrNO2S2/c1-2-5-13-10(14)8(17-11(13)15)6-7-3-4-9(12)16-7/h1,3-4,6H,5H2/b8-6-. The summed E-state index contributed by atoms with van der Waals surface area (Å²) in [7, 11) is 0. The smallest absolute Gasteiger partial charge is 0.268 e. The number of nitrogens with zero attached hydrogens (tertiary/aromatic N) is 1. The SMILES string of the molecule is C#CCN1C(=O)S/C(=C\c2ccc(Br)s2)C1=O. The molecule has 0 radical (unpaired) electrons. The maximum Gasteiger partial charge on any atom is 0.294 e. The molecule has 0 atom stereocenters. The number of carbonyl (C=O) groups excluding carboxylic acids is 2. The molecule has 0 unspecified atom stereocenters. The van der Waals surface area contributed by atoms with Gasteiger partial charge < -0.3 is 0 Å². The second-order valence-corrected chi connectivity index (χ2v) is 6.60. The van der Waals surface area contributed by atoms with Gasteiger partial charge in [0.25, 0.3) is 11.1 Å². The number of terminal acetylenes is 1. The molecule has 1 fully saturated rings. The molecule has 0 N–H and O–H groups in total. The van der Waals surface area contributed by atoms with Crippen LogP contribution in [0.1, 0.15) is 4.88 Å². The van der Waals surface area contributed by atoms with Gasteiger partial charge in [0.05, 0.1) is 15.2 Å². The fourth-order valence-electron chi connectivity index (χ4n) is 1.26. The van der Waals surface area contributed by atoms with Gasteiger partial charge >= 0.3 is 0 Å². The molecule has 2 heterocycles. The van der Waals surface area contributed by atoms with E-state index in [1.807, 2.05) is 12.1 Å². The van der Waals surface area contributed by atoms with Crippen LogP contribution in [0, 0.1) is 12.3 Å². The Balaban J connectivity index is 2.25. The minimum absolute atomic E-state index is 0.0239. The molecule has 0 saturated carbocycles. The first-order valence-corrected chi connectivity index (χ1v) is 6.98. The van der Waals surface area contributed by atoms with Crippen LogP contribution in [-0.2, 0) is 4.79 Å². The number of amides is 2. The van der Waals surface area contributed by atoms with Crippen LogP contribution >= 0.6 is 39.0 Å². The summed E-state index contributed by atoms with van der Waals surface area (Å²) in [5.41, 5.74) is 0. The van der Waals surface area contributed by atoms with Crippen molar-refractivity contribution in [2.45, 2.75) is 0 Å². The van der Waals surface area contributed by atoms with Gasteiger partial charge in [0.1, 0.15) is 0 Å². The minimum Gasteiger partial charge on any atom is -0.268 e. The number of hydrogen-bond acceptors (Lipinski definition) is 4. The van der Waals surface area contributed by atoms with E-state index in [0.717, 1.165) is 25.3 Å². The lowest BCUT2D eigenvalue weighted by Crippen LogP contribution is -2.28. The Labute approximate surface area is 115 Å².